The second-order valence-corrected chi connectivity index (χ2v) is 5.39. The highest BCUT2D eigenvalue weighted by atomic mass is 16.5. The Hall–Kier alpha value is -2.75. The van der Waals surface area contributed by atoms with Gasteiger partial charge in [-0.2, -0.15) is 0 Å². The summed E-state index contributed by atoms with van der Waals surface area (Å²) in [5.41, 5.74) is 3.00. The maximum atomic E-state index is 12.1. The van der Waals surface area contributed by atoms with Crippen LogP contribution in [0.15, 0.2) is 53.3 Å². The fraction of sp³-hybridized carbons (Fsp3) is 0.211. The SMILES string of the molecule is COc1ccc(CCc2cc(=O)c3ccccc3[nH]2)cc1OC. The van der Waals surface area contributed by atoms with Crippen LogP contribution in [0.4, 0.5) is 0 Å². The Balaban J connectivity index is 1.82. The molecule has 4 nitrogen and oxygen atoms in total. The molecule has 0 atom stereocenters. The number of rotatable bonds is 5. The van der Waals surface area contributed by atoms with Gasteiger partial charge in [0.25, 0.3) is 0 Å². The quantitative estimate of drug-likeness (QED) is 0.786. The van der Waals surface area contributed by atoms with Crippen molar-refractivity contribution in [2.75, 3.05) is 14.2 Å². The number of hydrogen-bond acceptors (Lipinski definition) is 3. The largest absolute Gasteiger partial charge is 0.493 e. The van der Waals surface area contributed by atoms with Crippen molar-refractivity contribution < 1.29 is 9.47 Å². The van der Waals surface area contributed by atoms with Crippen LogP contribution in [0.5, 0.6) is 11.5 Å². The van der Waals surface area contributed by atoms with Gasteiger partial charge in [0, 0.05) is 22.7 Å². The summed E-state index contributed by atoms with van der Waals surface area (Å²) >= 11 is 0. The Morgan fingerprint density at radius 2 is 1.70 bits per heavy atom. The van der Waals surface area contributed by atoms with Gasteiger partial charge in [0.2, 0.25) is 0 Å². The summed E-state index contributed by atoms with van der Waals surface area (Å²) in [7, 11) is 3.25. The van der Waals surface area contributed by atoms with E-state index in [9.17, 15) is 4.79 Å². The second kappa shape index (κ2) is 6.57. The number of aromatic nitrogens is 1. The Labute approximate surface area is 134 Å². The van der Waals surface area contributed by atoms with Crippen LogP contribution in [0.1, 0.15) is 11.3 Å². The molecule has 0 radical (unpaired) electrons. The van der Waals surface area contributed by atoms with Crippen molar-refractivity contribution in [1.29, 1.82) is 0 Å². The number of pyridine rings is 1. The molecule has 118 valence electrons. The number of aryl methyl sites for hydroxylation is 2. The van der Waals surface area contributed by atoms with E-state index in [4.69, 9.17) is 9.47 Å². The highest BCUT2D eigenvalue weighted by Crippen LogP contribution is 2.28. The van der Waals surface area contributed by atoms with Crippen LogP contribution < -0.4 is 14.9 Å². The molecule has 0 fully saturated rings. The van der Waals surface area contributed by atoms with Crippen LogP contribution in [0, 0.1) is 0 Å². The van der Waals surface area contributed by atoms with E-state index in [-0.39, 0.29) is 5.43 Å². The van der Waals surface area contributed by atoms with Crippen molar-refractivity contribution in [2.45, 2.75) is 12.8 Å². The van der Waals surface area contributed by atoms with Crippen LogP contribution in [-0.2, 0) is 12.8 Å². The van der Waals surface area contributed by atoms with Crippen molar-refractivity contribution in [3.05, 3.63) is 70.0 Å². The summed E-state index contributed by atoms with van der Waals surface area (Å²) < 4.78 is 10.6. The summed E-state index contributed by atoms with van der Waals surface area (Å²) in [6, 6.07) is 15.1. The van der Waals surface area contributed by atoms with Gasteiger partial charge in [0.1, 0.15) is 0 Å². The van der Waals surface area contributed by atoms with Crippen LogP contribution >= 0.6 is 0 Å². The highest BCUT2D eigenvalue weighted by Gasteiger charge is 2.06. The minimum Gasteiger partial charge on any atom is -0.493 e. The standard InChI is InChI=1S/C19H19NO3/c1-22-18-10-8-13(11-19(18)23-2)7-9-14-12-17(21)15-5-3-4-6-16(15)20-14/h3-6,8,10-12H,7,9H2,1-2H3,(H,20,21). The fourth-order valence-electron chi connectivity index (χ4n) is 2.70. The summed E-state index contributed by atoms with van der Waals surface area (Å²) in [6.07, 6.45) is 1.57. The third kappa shape index (κ3) is 3.21. The van der Waals surface area contributed by atoms with E-state index in [0.29, 0.717) is 0 Å². The fourth-order valence-corrected chi connectivity index (χ4v) is 2.70. The van der Waals surface area contributed by atoms with Crippen molar-refractivity contribution in [3.63, 3.8) is 0 Å². The average molecular weight is 309 g/mol. The molecule has 0 bridgehead atoms. The van der Waals surface area contributed by atoms with Crippen LogP contribution in [0.2, 0.25) is 0 Å². The van der Waals surface area contributed by atoms with E-state index in [1.165, 1.54) is 0 Å². The van der Waals surface area contributed by atoms with Gasteiger partial charge in [0.15, 0.2) is 16.9 Å². The Bertz CT molecular complexity index is 883. The Morgan fingerprint density at radius 1 is 0.913 bits per heavy atom. The van der Waals surface area contributed by atoms with Crippen LogP contribution in [-0.4, -0.2) is 19.2 Å². The first-order valence-corrected chi connectivity index (χ1v) is 7.53. The van der Waals surface area contributed by atoms with Crippen LogP contribution in [0.3, 0.4) is 0 Å². The Kier molecular flexibility index (Phi) is 4.33. The monoisotopic (exact) mass is 309 g/mol. The first-order valence-electron chi connectivity index (χ1n) is 7.53. The number of nitrogens with one attached hydrogen (secondary N) is 1. The molecular weight excluding hydrogens is 290 g/mol. The first-order chi connectivity index (χ1) is 11.2. The number of fused-ring (bicyclic) bond motifs is 1. The van der Waals surface area contributed by atoms with Crippen molar-refractivity contribution >= 4 is 10.9 Å². The minimum atomic E-state index is 0.0571. The Morgan fingerprint density at radius 3 is 2.48 bits per heavy atom. The van der Waals surface area contributed by atoms with E-state index < -0.39 is 0 Å². The number of ether oxygens (including phenoxy) is 2. The molecule has 0 aliphatic carbocycles. The van der Waals surface area contributed by atoms with Gasteiger partial charge >= 0.3 is 0 Å². The van der Waals surface area contributed by atoms with E-state index >= 15 is 0 Å². The topological polar surface area (TPSA) is 51.3 Å². The molecular formula is C19H19NO3. The number of aromatic amines is 1. The molecule has 0 spiro atoms. The van der Waals surface area contributed by atoms with Gasteiger partial charge in [-0.3, -0.25) is 4.79 Å². The maximum Gasteiger partial charge on any atom is 0.189 e. The number of benzene rings is 2. The molecule has 0 unspecified atom stereocenters. The molecule has 0 saturated heterocycles. The van der Waals surface area contributed by atoms with E-state index in [1.807, 2.05) is 42.5 Å². The van der Waals surface area contributed by atoms with Gasteiger partial charge in [-0.1, -0.05) is 18.2 Å². The number of H-pyrrole nitrogens is 1. The second-order valence-electron chi connectivity index (χ2n) is 5.39. The summed E-state index contributed by atoms with van der Waals surface area (Å²) in [5.74, 6) is 1.44. The third-order valence-corrected chi connectivity index (χ3v) is 3.92. The molecule has 2 aromatic carbocycles. The molecule has 4 heteroatoms. The summed E-state index contributed by atoms with van der Waals surface area (Å²) in [5, 5.41) is 0.724. The van der Waals surface area contributed by atoms with Crippen molar-refractivity contribution in [2.24, 2.45) is 0 Å². The molecule has 1 aromatic heterocycles. The zero-order chi connectivity index (χ0) is 16.2. The lowest BCUT2D eigenvalue weighted by Gasteiger charge is -2.10. The lowest BCUT2D eigenvalue weighted by molar-refractivity contribution is 0.354. The molecule has 1 heterocycles. The van der Waals surface area contributed by atoms with Gasteiger partial charge in [0.05, 0.1) is 14.2 Å². The molecule has 0 aliphatic heterocycles. The van der Waals surface area contributed by atoms with Crippen LogP contribution in [0.25, 0.3) is 10.9 Å². The summed E-state index contributed by atoms with van der Waals surface area (Å²) in [6.45, 7) is 0. The van der Waals surface area contributed by atoms with E-state index in [2.05, 4.69) is 4.98 Å². The molecule has 0 aliphatic rings. The van der Waals surface area contributed by atoms with Gasteiger partial charge in [-0.15, -0.1) is 0 Å². The number of hydrogen-bond donors (Lipinski definition) is 1. The van der Waals surface area contributed by atoms with Gasteiger partial charge in [-0.25, -0.2) is 0 Å². The van der Waals surface area contributed by atoms with Gasteiger partial charge in [-0.05, 0) is 42.7 Å². The van der Waals surface area contributed by atoms with E-state index in [1.54, 1.807) is 20.3 Å². The molecule has 0 saturated carbocycles. The lowest BCUT2D eigenvalue weighted by atomic mass is 10.1. The van der Waals surface area contributed by atoms with Gasteiger partial charge < -0.3 is 14.5 Å². The normalized spacial score (nSPS) is 10.7. The van der Waals surface area contributed by atoms with Crippen molar-refractivity contribution in [1.82, 2.24) is 4.98 Å². The third-order valence-electron chi connectivity index (χ3n) is 3.92. The molecule has 1 N–H and O–H groups in total. The highest BCUT2D eigenvalue weighted by molar-refractivity contribution is 5.78. The zero-order valence-corrected chi connectivity index (χ0v) is 13.3. The van der Waals surface area contributed by atoms with Crippen molar-refractivity contribution in [3.8, 4) is 11.5 Å². The molecule has 3 aromatic rings. The minimum absolute atomic E-state index is 0.0571. The molecule has 23 heavy (non-hydrogen) atoms. The summed E-state index contributed by atoms with van der Waals surface area (Å²) in [4.78, 5) is 15.5. The zero-order valence-electron chi connectivity index (χ0n) is 13.3. The number of para-hydroxylation sites is 1. The predicted molar refractivity (Wildman–Crippen MR) is 91.5 cm³/mol. The molecule has 0 amide bonds. The van der Waals surface area contributed by atoms with E-state index in [0.717, 1.165) is 46.5 Å². The number of methoxy groups -OCH3 is 2. The molecule has 3 rings (SSSR count). The predicted octanol–water partition coefficient (Wildman–Crippen LogP) is 3.33. The average Bonchev–Trinajstić information content (AvgIpc) is 2.59. The first kappa shape index (κ1) is 15.2. The lowest BCUT2D eigenvalue weighted by Crippen LogP contribution is -2.06. The smallest absolute Gasteiger partial charge is 0.189 e. The maximum absolute atomic E-state index is 12.1.